The predicted molar refractivity (Wildman–Crippen MR) is 47.0 cm³/mol. The molecule has 1 amide bonds. The molecule has 1 rings (SSSR count). The van der Waals surface area contributed by atoms with E-state index in [1.165, 1.54) is 0 Å². The van der Waals surface area contributed by atoms with E-state index in [-0.39, 0.29) is 11.9 Å². The summed E-state index contributed by atoms with van der Waals surface area (Å²) in [5, 5.41) is 7.56. The number of rotatable bonds is 2. The summed E-state index contributed by atoms with van der Waals surface area (Å²) in [4.78, 5) is 12.9. The molecule has 1 unspecified atom stereocenters. The number of piperazine rings is 1. The van der Waals surface area contributed by atoms with E-state index in [4.69, 9.17) is 0 Å². The van der Waals surface area contributed by atoms with Crippen LogP contribution >= 0.6 is 0 Å². The van der Waals surface area contributed by atoms with Gasteiger partial charge in [0.25, 0.3) is 0 Å². The third-order valence-electron chi connectivity index (χ3n) is 1.96. The SMILES string of the molecule is CN(C)C(=O)CC1CNCC[N]1. The third kappa shape index (κ3) is 2.79. The highest BCUT2D eigenvalue weighted by Crippen LogP contribution is 1.98. The minimum atomic E-state index is 0.160. The molecular formula is C8H16N3O. The van der Waals surface area contributed by atoms with Crippen LogP contribution in [0.25, 0.3) is 0 Å². The Kier molecular flexibility index (Phi) is 3.49. The first-order valence-corrected chi connectivity index (χ1v) is 4.27. The lowest BCUT2D eigenvalue weighted by Crippen LogP contribution is -2.46. The molecular weight excluding hydrogens is 154 g/mol. The highest BCUT2D eigenvalue weighted by atomic mass is 16.2. The molecule has 0 spiro atoms. The first kappa shape index (κ1) is 9.48. The fraction of sp³-hybridized carbons (Fsp3) is 0.875. The van der Waals surface area contributed by atoms with Crippen molar-refractivity contribution in [3.05, 3.63) is 0 Å². The summed E-state index contributed by atoms with van der Waals surface area (Å²) < 4.78 is 0. The topological polar surface area (TPSA) is 46.4 Å². The van der Waals surface area contributed by atoms with Gasteiger partial charge in [-0.05, 0) is 0 Å². The Labute approximate surface area is 73.3 Å². The van der Waals surface area contributed by atoms with Gasteiger partial charge in [0, 0.05) is 46.2 Å². The van der Waals surface area contributed by atoms with Crippen molar-refractivity contribution in [1.29, 1.82) is 0 Å². The van der Waals surface area contributed by atoms with E-state index < -0.39 is 0 Å². The Bertz CT molecular complexity index is 152. The number of carbonyl (C=O) groups is 1. The maximum absolute atomic E-state index is 11.2. The molecule has 0 saturated carbocycles. The number of nitrogens with zero attached hydrogens (tertiary/aromatic N) is 2. The molecule has 1 fully saturated rings. The van der Waals surface area contributed by atoms with Crippen LogP contribution in [0, 0.1) is 0 Å². The third-order valence-corrected chi connectivity index (χ3v) is 1.96. The van der Waals surface area contributed by atoms with E-state index in [1.54, 1.807) is 19.0 Å². The fourth-order valence-electron chi connectivity index (χ4n) is 1.18. The summed E-state index contributed by atoms with van der Waals surface area (Å²) in [6.45, 7) is 2.64. The molecule has 1 aliphatic heterocycles. The Morgan fingerprint density at radius 3 is 2.92 bits per heavy atom. The molecule has 1 radical (unpaired) electrons. The lowest BCUT2D eigenvalue weighted by atomic mass is 10.1. The van der Waals surface area contributed by atoms with Gasteiger partial charge < -0.3 is 10.2 Å². The van der Waals surface area contributed by atoms with Gasteiger partial charge in [-0.3, -0.25) is 4.79 Å². The van der Waals surface area contributed by atoms with Crippen molar-refractivity contribution in [3.8, 4) is 0 Å². The zero-order valence-corrected chi connectivity index (χ0v) is 7.71. The van der Waals surface area contributed by atoms with Crippen LogP contribution in [0.5, 0.6) is 0 Å². The standard InChI is InChI=1S/C8H16N3O/c1-11(2)8(12)5-7-6-9-3-4-10-7/h7,9H,3-6H2,1-2H3. The first-order valence-electron chi connectivity index (χ1n) is 4.27. The van der Waals surface area contributed by atoms with Crippen molar-refractivity contribution in [2.24, 2.45) is 0 Å². The number of carbonyl (C=O) groups excluding carboxylic acids is 1. The van der Waals surface area contributed by atoms with Crippen LogP contribution in [-0.4, -0.2) is 50.6 Å². The maximum Gasteiger partial charge on any atom is 0.223 e. The molecule has 0 aromatic rings. The molecule has 1 atom stereocenters. The Hall–Kier alpha value is -0.610. The van der Waals surface area contributed by atoms with E-state index in [1.807, 2.05) is 0 Å². The average Bonchev–Trinajstić information content (AvgIpc) is 2.06. The van der Waals surface area contributed by atoms with E-state index in [0.29, 0.717) is 6.42 Å². The highest BCUT2D eigenvalue weighted by Gasteiger charge is 2.17. The lowest BCUT2D eigenvalue weighted by molar-refractivity contribution is -0.129. The Morgan fingerprint density at radius 1 is 1.67 bits per heavy atom. The quantitative estimate of drug-likeness (QED) is 0.580. The van der Waals surface area contributed by atoms with Crippen molar-refractivity contribution in [2.75, 3.05) is 33.7 Å². The van der Waals surface area contributed by atoms with E-state index >= 15 is 0 Å². The summed E-state index contributed by atoms with van der Waals surface area (Å²) in [7, 11) is 3.55. The van der Waals surface area contributed by atoms with Crippen LogP contribution in [0.3, 0.4) is 0 Å². The molecule has 0 bridgehead atoms. The molecule has 12 heavy (non-hydrogen) atoms. The number of amides is 1. The van der Waals surface area contributed by atoms with Crippen LogP contribution < -0.4 is 10.6 Å². The summed E-state index contributed by atoms with van der Waals surface area (Å²) in [6, 6.07) is 0.189. The van der Waals surface area contributed by atoms with Gasteiger partial charge in [-0.1, -0.05) is 0 Å². The zero-order valence-electron chi connectivity index (χ0n) is 7.71. The van der Waals surface area contributed by atoms with Crippen molar-refractivity contribution in [1.82, 2.24) is 15.5 Å². The molecule has 0 aromatic carbocycles. The van der Waals surface area contributed by atoms with Gasteiger partial charge in [-0.25, -0.2) is 5.32 Å². The maximum atomic E-state index is 11.2. The molecule has 1 saturated heterocycles. The minimum absolute atomic E-state index is 0.160. The van der Waals surface area contributed by atoms with Gasteiger partial charge in [0.2, 0.25) is 5.91 Å². The summed E-state index contributed by atoms with van der Waals surface area (Å²) in [6.07, 6.45) is 0.542. The number of hydrogen-bond donors (Lipinski definition) is 1. The van der Waals surface area contributed by atoms with E-state index in [0.717, 1.165) is 19.6 Å². The highest BCUT2D eigenvalue weighted by molar-refractivity contribution is 5.76. The molecule has 1 aliphatic rings. The van der Waals surface area contributed by atoms with Crippen molar-refractivity contribution >= 4 is 5.91 Å². The van der Waals surface area contributed by atoms with Gasteiger partial charge >= 0.3 is 0 Å². The second kappa shape index (κ2) is 4.42. The van der Waals surface area contributed by atoms with Gasteiger partial charge in [0.05, 0.1) is 0 Å². The largest absolute Gasteiger partial charge is 0.349 e. The first-order chi connectivity index (χ1) is 5.70. The van der Waals surface area contributed by atoms with Gasteiger partial charge in [-0.2, -0.15) is 0 Å². The van der Waals surface area contributed by atoms with Crippen molar-refractivity contribution < 1.29 is 4.79 Å². The molecule has 1 heterocycles. The normalized spacial score (nSPS) is 23.7. The van der Waals surface area contributed by atoms with Crippen LogP contribution in [0.1, 0.15) is 6.42 Å². The molecule has 0 aromatic heterocycles. The zero-order chi connectivity index (χ0) is 8.97. The second-order valence-electron chi connectivity index (χ2n) is 3.26. The Balaban J connectivity index is 2.24. The molecule has 0 aliphatic carbocycles. The molecule has 4 heteroatoms. The van der Waals surface area contributed by atoms with E-state index in [2.05, 4.69) is 10.6 Å². The lowest BCUT2D eigenvalue weighted by Gasteiger charge is -2.23. The van der Waals surface area contributed by atoms with Crippen molar-refractivity contribution in [2.45, 2.75) is 12.5 Å². The van der Waals surface area contributed by atoms with Gasteiger partial charge in [0.15, 0.2) is 0 Å². The smallest absolute Gasteiger partial charge is 0.223 e. The monoisotopic (exact) mass is 170 g/mol. The molecule has 4 nitrogen and oxygen atoms in total. The second-order valence-corrected chi connectivity index (χ2v) is 3.26. The molecule has 69 valence electrons. The Morgan fingerprint density at radius 2 is 2.42 bits per heavy atom. The average molecular weight is 170 g/mol. The fourth-order valence-corrected chi connectivity index (χ4v) is 1.18. The van der Waals surface area contributed by atoms with Crippen LogP contribution in [0.15, 0.2) is 0 Å². The van der Waals surface area contributed by atoms with Crippen LogP contribution in [0.4, 0.5) is 0 Å². The number of hydrogen-bond acceptors (Lipinski definition) is 2. The summed E-state index contributed by atoms with van der Waals surface area (Å²) in [5.74, 6) is 0.160. The minimum Gasteiger partial charge on any atom is -0.349 e. The van der Waals surface area contributed by atoms with Crippen LogP contribution in [-0.2, 0) is 4.79 Å². The number of nitrogens with one attached hydrogen (secondary N) is 1. The summed E-state index contributed by atoms with van der Waals surface area (Å²) in [5.41, 5.74) is 0. The predicted octanol–water partition coefficient (Wildman–Crippen LogP) is -0.959. The molecule has 1 N–H and O–H groups in total. The van der Waals surface area contributed by atoms with E-state index in [9.17, 15) is 4.79 Å². The van der Waals surface area contributed by atoms with Crippen molar-refractivity contribution in [3.63, 3.8) is 0 Å². The van der Waals surface area contributed by atoms with Gasteiger partial charge in [-0.15, -0.1) is 0 Å². The van der Waals surface area contributed by atoms with Gasteiger partial charge in [0.1, 0.15) is 0 Å². The summed E-state index contributed by atoms with van der Waals surface area (Å²) >= 11 is 0. The van der Waals surface area contributed by atoms with Crippen LogP contribution in [0.2, 0.25) is 0 Å².